The number of aromatic nitrogens is 1. The van der Waals surface area contributed by atoms with E-state index >= 15 is 0 Å². The van der Waals surface area contributed by atoms with Gasteiger partial charge in [-0.15, -0.1) is 0 Å². The summed E-state index contributed by atoms with van der Waals surface area (Å²) in [7, 11) is -2.47. The highest BCUT2D eigenvalue weighted by molar-refractivity contribution is 7.52. The van der Waals surface area contributed by atoms with Crippen molar-refractivity contribution in [1.82, 2.24) is 20.5 Å². The van der Waals surface area contributed by atoms with Gasteiger partial charge in [-0.1, -0.05) is 68.4 Å². The van der Waals surface area contributed by atoms with Crippen LogP contribution in [0.3, 0.4) is 0 Å². The Morgan fingerprint density at radius 3 is 2.51 bits per heavy atom. The van der Waals surface area contributed by atoms with E-state index < -0.39 is 37.8 Å². The molecule has 1 aliphatic rings. The van der Waals surface area contributed by atoms with E-state index in [2.05, 4.69) is 22.5 Å². The first-order valence-electron chi connectivity index (χ1n) is 13.9. The smallest absolute Gasteiger partial charge is 0.375 e. The van der Waals surface area contributed by atoms with Crippen molar-refractivity contribution in [1.29, 1.82) is 0 Å². The number of thiazole rings is 1. The molecule has 2 amide bonds. The molecule has 2 heterocycles. The molecule has 226 valence electrons. The predicted molar refractivity (Wildman–Crippen MR) is 158 cm³/mol. The van der Waals surface area contributed by atoms with Gasteiger partial charge in [0.15, 0.2) is 5.69 Å². The number of rotatable bonds is 14. The number of carbonyl (C=O) groups excluding carboxylic acids is 3. The number of esters is 1. The quantitative estimate of drug-likeness (QED) is 0.125. The molecule has 0 saturated carbocycles. The zero-order chi connectivity index (χ0) is 29.8. The minimum atomic E-state index is -4.32. The number of unbranched alkanes of at least 4 members (excludes halogenated alkanes) is 2. The van der Waals surface area contributed by atoms with Crippen molar-refractivity contribution in [2.75, 3.05) is 57.4 Å². The zero-order valence-electron chi connectivity index (χ0n) is 23.8. The summed E-state index contributed by atoms with van der Waals surface area (Å²) in [6.07, 6.45) is 1.49. The number of amides is 2. The van der Waals surface area contributed by atoms with Gasteiger partial charge in [0.25, 0.3) is 5.91 Å². The molecule has 3 rings (SSSR count). The van der Waals surface area contributed by atoms with Crippen molar-refractivity contribution >= 4 is 41.9 Å². The van der Waals surface area contributed by atoms with E-state index in [1.165, 1.54) is 16.2 Å². The Morgan fingerprint density at radius 2 is 1.85 bits per heavy atom. The molecule has 1 aliphatic heterocycles. The molecule has 0 radical (unpaired) electrons. The first kappa shape index (κ1) is 32.7. The summed E-state index contributed by atoms with van der Waals surface area (Å²) in [4.78, 5) is 57.7. The van der Waals surface area contributed by atoms with Gasteiger partial charge in [0, 0.05) is 45.3 Å². The fourth-order valence-corrected chi connectivity index (χ4v) is 6.31. The number of ether oxygens (including phenoxy) is 1. The van der Waals surface area contributed by atoms with Crippen molar-refractivity contribution in [3.63, 3.8) is 0 Å². The summed E-state index contributed by atoms with van der Waals surface area (Å²) in [5, 5.41) is 6.81. The topological polar surface area (TPSA) is 150 Å². The number of nitrogens with zero attached hydrogens (tertiary/aromatic N) is 3. The molecule has 0 bridgehead atoms. The van der Waals surface area contributed by atoms with Gasteiger partial charge in [-0.3, -0.25) is 9.36 Å². The lowest BCUT2D eigenvalue weighted by Gasteiger charge is -2.27. The lowest BCUT2D eigenvalue weighted by atomic mass is 10.2. The van der Waals surface area contributed by atoms with Crippen LogP contribution in [-0.2, 0) is 18.6 Å². The second-order valence-electron chi connectivity index (χ2n) is 9.77. The van der Waals surface area contributed by atoms with Gasteiger partial charge in [-0.25, -0.2) is 14.6 Å². The average Bonchev–Trinajstić information content (AvgIpc) is 3.42. The minimum Gasteiger partial charge on any atom is -0.375 e. The highest BCUT2D eigenvalue weighted by Crippen LogP contribution is 2.43. The highest BCUT2D eigenvalue weighted by Gasteiger charge is 2.36. The second kappa shape index (κ2) is 16.0. The summed E-state index contributed by atoms with van der Waals surface area (Å²) in [5.41, 5.74) is 0.891. The first-order chi connectivity index (χ1) is 19.6. The number of hydrogen-bond donors (Lipinski definition) is 3. The molecule has 3 N–H and O–H groups in total. The van der Waals surface area contributed by atoms with E-state index in [1.807, 2.05) is 49.2 Å². The molecule has 1 aromatic heterocycles. The normalized spacial score (nSPS) is 15.6. The summed E-state index contributed by atoms with van der Waals surface area (Å²) in [6, 6.07) is 7.77. The van der Waals surface area contributed by atoms with Crippen LogP contribution in [0.25, 0.3) is 10.6 Å². The van der Waals surface area contributed by atoms with Crippen molar-refractivity contribution in [2.45, 2.75) is 45.6 Å². The molecule has 41 heavy (non-hydrogen) atoms. The van der Waals surface area contributed by atoms with Gasteiger partial charge >= 0.3 is 19.7 Å². The van der Waals surface area contributed by atoms with Crippen LogP contribution in [0, 0.1) is 0 Å². The Balaban J connectivity index is 1.87. The van der Waals surface area contributed by atoms with E-state index in [0.29, 0.717) is 49.2 Å². The van der Waals surface area contributed by atoms with E-state index in [0.717, 1.165) is 24.8 Å². The van der Waals surface area contributed by atoms with E-state index in [4.69, 9.17) is 9.26 Å². The molecule has 0 spiro atoms. The Kier molecular flexibility index (Phi) is 12.7. The van der Waals surface area contributed by atoms with E-state index in [1.54, 1.807) is 0 Å². The minimum absolute atomic E-state index is 0.0125. The molecule has 12 nitrogen and oxygen atoms in total. The van der Waals surface area contributed by atoms with Crippen LogP contribution in [0.5, 0.6) is 0 Å². The molecule has 14 heteroatoms. The number of anilines is 1. The number of piperazine rings is 1. The first-order valence-corrected chi connectivity index (χ1v) is 16.5. The van der Waals surface area contributed by atoms with Crippen LogP contribution in [0.1, 0.15) is 50.0 Å². The summed E-state index contributed by atoms with van der Waals surface area (Å²) < 4.78 is 23.0. The maximum Gasteiger partial charge on any atom is 0.417 e. The maximum absolute atomic E-state index is 13.6. The van der Waals surface area contributed by atoms with Gasteiger partial charge in [-0.2, -0.15) is 0 Å². The second-order valence-corrected chi connectivity index (χ2v) is 12.6. The predicted octanol–water partition coefficient (Wildman–Crippen LogP) is 3.72. The Labute approximate surface area is 244 Å². The van der Waals surface area contributed by atoms with Gasteiger partial charge < -0.3 is 34.6 Å². The number of hydrogen-bond acceptors (Lipinski definition) is 10. The SMILES string of the molecule is CCCCOP(=O)(O)CC(NC(=O)c1nc(-c2ccccc2)sc1N(C)CCCC)C(=O)OC(=O)N1CCNCC1. The van der Waals surface area contributed by atoms with Crippen LogP contribution in [0.4, 0.5) is 9.80 Å². The molecular formula is C27H40N5O7PS. The van der Waals surface area contributed by atoms with Crippen LogP contribution in [-0.4, -0.2) is 91.3 Å². The van der Waals surface area contributed by atoms with Crippen molar-refractivity contribution in [3.05, 3.63) is 36.0 Å². The van der Waals surface area contributed by atoms with Gasteiger partial charge in [0.2, 0.25) is 0 Å². The Bertz CT molecular complexity index is 1210. The summed E-state index contributed by atoms with van der Waals surface area (Å²) in [5.74, 6) is -1.87. The third-order valence-corrected chi connectivity index (χ3v) is 9.03. The zero-order valence-corrected chi connectivity index (χ0v) is 25.5. The summed E-state index contributed by atoms with van der Waals surface area (Å²) >= 11 is 1.33. The molecular weight excluding hydrogens is 569 g/mol. The number of benzene rings is 1. The van der Waals surface area contributed by atoms with Gasteiger partial charge in [-0.05, 0) is 12.8 Å². The molecule has 1 fully saturated rings. The largest absolute Gasteiger partial charge is 0.417 e. The molecule has 1 aromatic carbocycles. The number of nitrogens with one attached hydrogen (secondary N) is 2. The van der Waals surface area contributed by atoms with Crippen LogP contribution in [0.2, 0.25) is 0 Å². The van der Waals surface area contributed by atoms with Crippen LogP contribution in [0.15, 0.2) is 30.3 Å². The Hall–Kier alpha value is -2.83. The van der Waals surface area contributed by atoms with Crippen molar-refractivity contribution in [3.8, 4) is 10.6 Å². The maximum atomic E-state index is 13.6. The highest BCUT2D eigenvalue weighted by atomic mass is 32.1. The third-order valence-electron chi connectivity index (χ3n) is 6.40. The molecule has 2 atom stereocenters. The van der Waals surface area contributed by atoms with Crippen LogP contribution >= 0.6 is 18.9 Å². The van der Waals surface area contributed by atoms with E-state index in [-0.39, 0.29) is 12.3 Å². The Morgan fingerprint density at radius 1 is 1.17 bits per heavy atom. The standard InChI is InChI=1S/C27H40N5O7PS/c1-4-6-15-31(3)25-22(30-24(41-25)20-11-9-8-10-12-20)23(33)29-21(19-40(36,37)38-18-7-5-2)26(34)39-27(35)32-16-13-28-14-17-32/h8-12,21,28H,4-7,13-19H2,1-3H3,(H,29,33)(H,36,37). The number of carbonyl (C=O) groups is 3. The lowest BCUT2D eigenvalue weighted by molar-refractivity contribution is -0.140. The lowest BCUT2D eigenvalue weighted by Crippen LogP contribution is -2.50. The molecule has 2 unspecified atom stereocenters. The van der Waals surface area contributed by atoms with Gasteiger partial charge in [0.1, 0.15) is 16.1 Å². The molecule has 0 aliphatic carbocycles. The fraction of sp³-hybridized carbons (Fsp3) is 0.556. The van der Waals surface area contributed by atoms with Crippen molar-refractivity contribution < 1.29 is 33.1 Å². The average molecular weight is 610 g/mol. The molecule has 1 saturated heterocycles. The molecule has 2 aromatic rings. The monoisotopic (exact) mass is 609 g/mol. The van der Waals surface area contributed by atoms with Crippen molar-refractivity contribution in [2.24, 2.45) is 0 Å². The van der Waals surface area contributed by atoms with Gasteiger partial charge in [0.05, 0.1) is 12.8 Å². The fourth-order valence-electron chi connectivity index (χ4n) is 4.03. The summed E-state index contributed by atoms with van der Waals surface area (Å²) in [6.45, 7) is 6.43. The third kappa shape index (κ3) is 9.89. The van der Waals surface area contributed by atoms with Crippen LogP contribution < -0.4 is 15.5 Å². The van der Waals surface area contributed by atoms with E-state index in [9.17, 15) is 23.8 Å².